The summed E-state index contributed by atoms with van der Waals surface area (Å²) in [6, 6.07) is 1.98. The second kappa shape index (κ2) is 5.52. The Morgan fingerprint density at radius 3 is 2.67 bits per heavy atom. The van der Waals surface area contributed by atoms with E-state index < -0.39 is 17.8 Å². The number of halogens is 3. The number of carboxylic acids is 1. The molecule has 0 aliphatic carbocycles. The number of hydrogen-bond donors (Lipinski definition) is 2. The highest BCUT2D eigenvalue weighted by Gasteiger charge is 2.32. The summed E-state index contributed by atoms with van der Waals surface area (Å²) in [5.74, 6) is -1.18. The maximum absolute atomic E-state index is 12.5. The highest BCUT2D eigenvalue weighted by atomic mass is 19.4. The predicted molar refractivity (Wildman–Crippen MR) is 60.1 cm³/mol. The summed E-state index contributed by atoms with van der Waals surface area (Å²) in [6.45, 7) is 2.08. The molecule has 0 atom stereocenters. The van der Waals surface area contributed by atoms with Gasteiger partial charge in [-0.15, -0.1) is 0 Å². The fraction of sp³-hybridized carbons (Fsp3) is 0.273. The van der Waals surface area contributed by atoms with Gasteiger partial charge >= 0.3 is 12.1 Å². The first kappa shape index (κ1) is 14.0. The van der Waals surface area contributed by atoms with Crippen molar-refractivity contribution in [2.24, 2.45) is 0 Å². The van der Waals surface area contributed by atoms with Crippen LogP contribution < -0.4 is 5.32 Å². The molecular weight excluding hydrogens is 249 g/mol. The SMILES string of the molecule is CCNc1nc(C(F)(F)F)ccc1/C=C/C(=O)O. The molecule has 2 N–H and O–H groups in total. The Kier molecular flexibility index (Phi) is 4.30. The Labute approximate surface area is 101 Å². The minimum Gasteiger partial charge on any atom is -0.478 e. The lowest BCUT2D eigenvalue weighted by molar-refractivity contribution is -0.141. The Morgan fingerprint density at radius 1 is 1.50 bits per heavy atom. The maximum Gasteiger partial charge on any atom is 0.433 e. The number of carboxylic acid groups (broad SMARTS) is 1. The number of rotatable bonds is 4. The molecule has 0 saturated heterocycles. The molecule has 0 saturated carbocycles. The van der Waals surface area contributed by atoms with E-state index in [1.165, 1.54) is 12.1 Å². The molecule has 0 spiro atoms. The highest BCUT2D eigenvalue weighted by Crippen LogP contribution is 2.29. The zero-order valence-corrected chi connectivity index (χ0v) is 9.45. The average molecular weight is 260 g/mol. The second-order valence-corrected chi connectivity index (χ2v) is 3.33. The van der Waals surface area contributed by atoms with Crippen molar-refractivity contribution in [3.63, 3.8) is 0 Å². The average Bonchev–Trinajstić information content (AvgIpc) is 2.26. The molecule has 0 bridgehead atoms. The zero-order chi connectivity index (χ0) is 13.8. The van der Waals surface area contributed by atoms with Crippen molar-refractivity contribution in [2.75, 3.05) is 11.9 Å². The van der Waals surface area contributed by atoms with Crippen LogP contribution in [0.1, 0.15) is 18.2 Å². The molecule has 18 heavy (non-hydrogen) atoms. The van der Waals surface area contributed by atoms with Crippen LogP contribution in [-0.2, 0) is 11.0 Å². The van der Waals surface area contributed by atoms with Crippen LogP contribution in [0.15, 0.2) is 18.2 Å². The lowest BCUT2D eigenvalue weighted by Crippen LogP contribution is -2.11. The predicted octanol–water partition coefficient (Wildman–Crippen LogP) is 2.63. The quantitative estimate of drug-likeness (QED) is 0.817. The molecule has 0 aliphatic heterocycles. The van der Waals surface area contributed by atoms with Crippen LogP contribution in [0.3, 0.4) is 0 Å². The van der Waals surface area contributed by atoms with Crippen LogP contribution in [0.2, 0.25) is 0 Å². The second-order valence-electron chi connectivity index (χ2n) is 3.33. The number of aliphatic carboxylic acids is 1. The first-order valence-corrected chi connectivity index (χ1v) is 5.07. The van der Waals surface area contributed by atoms with Gasteiger partial charge in [-0.3, -0.25) is 0 Å². The van der Waals surface area contributed by atoms with Crippen molar-refractivity contribution in [1.29, 1.82) is 0 Å². The fourth-order valence-corrected chi connectivity index (χ4v) is 1.23. The Balaban J connectivity index is 3.16. The number of carbonyl (C=O) groups is 1. The van der Waals surface area contributed by atoms with Crippen LogP contribution in [0.4, 0.5) is 19.0 Å². The van der Waals surface area contributed by atoms with Crippen molar-refractivity contribution in [3.05, 3.63) is 29.5 Å². The lowest BCUT2D eigenvalue weighted by atomic mass is 10.2. The van der Waals surface area contributed by atoms with Gasteiger partial charge < -0.3 is 10.4 Å². The molecule has 1 rings (SSSR count). The minimum atomic E-state index is -4.53. The van der Waals surface area contributed by atoms with Crippen molar-refractivity contribution < 1.29 is 23.1 Å². The molecule has 0 aliphatic rings. The Hall–Kier alpha value is -2.05. The van der Waals surface area contributed by atoms with Crippen LogP contribution >= 0.6 is 0 Å². The Bertz CT molecular complexity index is 470. The third-order valence-corrected chi connectivity index (χ3v) is 1.97. The van der Waals surface area contributed by atoms with Crippen molar-refractivity contribution in [1.82, 2.24) is 4.98 Å². The summed E-state index contributed by atoms with van der Waals surface area (Å²) in [5.41, 5.74) is -0.738. The summed E-state index contributed by atoms with van der Waals surface area (Å²) >= 11 is 0. The van der Waals surface area contributed by atoms with E-state index in [1.54, 1.807) is 6.92 Å². The number of alkyl halides is 3. The highest BCUT2D eigenvalue weighted by molar-refractivity contribution is 5.86. The lowest BCUT2D eigenvalue weighted by Gasteiger charge is -2.11. The zero-order valence-electron chi connectivity index (χ0n) is 9.45. The van der Waals surface area contributed by atoms with Gasteiger partial charge in [0.1, 0.15) is 11.5 Å². The van der Waals surface area contributed by atoms with E-state index in [4.69, 9.17) is 5.11 Å². The van der Waals surface area contributed by atoms with E-state index in [1.807, 2.05) is 0 Å². The number of anilines is 1. The molecular formula is C11H11F3N2O2. The normalized spacial score (nSPS) is 11.8. The first-order chi connectivity index (χ1) is 8.34. The van der Waals surface area contributed by atoms with E-state index in [-0.39, 0.29) is 11.4 Å². The number of hydrogen-bond acceptors (Lipinski definition) is 3. The summed E-state index contributed by atoms with van der Waals surface area (Å²) < 4.78 is 37.4. The van der Waals surface area contributed by atoms with Gasteiger partial charge in [-0.25, -0.2) is 9.78 Å². The van der Waals surface area contributed by atoms with Crippen LogP contribution in [0, 0.1) is 0 Å². The van der Waals surface area contributed by atoms with Gasteiger partial charge in [0.2, 0.25) is 0 Å². The molecule has 0 unspecified atom stereocenters. The molecule has 98 valence electrons. The van der Waals surface area contributed by atoms with Crippen LogP contribution in [0.25, 0.3) is 6.08 Å². The van der Waals surface area contributed by atoms with E-state index in [9.17, 15) is 18.0 Å². The van der Waals surface area contributed by atoms with Gasteiger partial charge in [-0.2, -0.15) is 13.2 Å². The summed E-state index contributed by atoms with van der Waals surface area (Å²) in [6.07, 6.45) is -2.50. The molecule has 1 heterocycles. The third kappa shape index (κ3) is 3.76. The van der Waals surface area contributed by atoms with Crippen molar-refractivity contribution >= 4 is 17.9 Å². The van der Waals surface area contributed by atoms with Gasteiger partial charge in [0.15, 0.2) is 0 Å². The van der Waals surface area contributed by atoms with Gasteiger partial charge in [0, 0.05) is 18.2 Å². The molecule has 1 aromatic heterocycles. The fourth-order valence-electron chi connectivity index (χ4n) is 1.23. The maximum atomic E-state index is 12.5. The first-order valence-electron chi connectivity index (χ1n) is 5.07. The molecule has 0 amide bonds. The van der Waals surface area contributed by atoms with E-state index in [2.05, 4.69) is 10.3 Å². The Morgan fingerprint density at radius 2 is 2.17 bits per heavy atom. The standard InChI is InChI=1S/C11H11F3N2O2/c1-2-15-10-7(4-6-9(17)18)3-5-8(16-10)11(12,13)14/h3-6H,2H2,1H3,(H,15,16)(H,17,18)/b6-4+. The molecule has 4 nitrogen and oxygen atoms in total. The molecule has 0 fully saturated rings. The molecule has 0 radical (unpaired) electrons. The number of pyridine rings is 1. The van der Waals surface area contributed by atoms with Crippen LogP contribution in [0.5, 0.6) is 0 Å². The third-order valence-electron chi connectivity index (χ3n) is 1.97. The molecule has 0 aromatic carbocycles. The van der Waals surface area contributed by atoms with Crippen molar-refractivity contribution in [3.8, 4) is 0 Å². The van der Waals surface area contributed by atoms with Crippen molar-refractivity contribution in [2.45, 2.75) is 13.1 Å². The summed E-state index contributed by atoms with van der Waals surface area (Å²) in [4.78, 5) is 13.8. The summed E-state index contributed by atoms with van der Waals surface area (Å²) in [5, 5.41) is 11.1. The molecule has 1 aromatic rings. The van der Waals surface area contributed by atoms with Gasteiger partial charge in [0.25, 0.3) is 0 Å². The van der Waals surface area contributed by atoms with E-state index in [0.29, 0.717) is 6.54 Å². The van der Waals surface area contributed by atoms with E-state index in [0.717, 1.165) is 12.1 Å². The number of aromatic nitrogens is 1. The number of nitrogens with one attached hydrogen (secondary N) is 1. The molecule has 7 heteroatoms. The number of nitrogens with zero attached hydrogens (tertiary/aromatic N) is 1. The van der Waals surface area contributed by atoms with Crippen LogP contribution in [-0.4, -0.2) is 22.6 Å². The van der Waals surface area contributed by atoms with Gasteiger partial charge in [-0.05, 0) is 25.1 Å². The van der Waals surface area contributed by atoms with Gasteiger partial charge in [0.05, 0.1) is 0 Å². The minimum absolute atomic E-state index is 0.00447. The smallest absolute Gasteiger partial charge is 0.433 e. The monoisotopic (exact) mass is 260 g/mol. The van der Waals surface area contributed by atoms with E-state index >= 15 is 0 Å². The topological polar surface area (TPSA) is 62.2 Å². The van der Waals surface area contributed by atoms with Gasteiger partial charge in [-0.1, -0.05) is 0 Å². The summed E-state index contributed by atoms with van der Waals surface area (Å²) in [7, 11) is 0. The largest absolute Gasteiger partial charge is 0.478 e.